The van der Waals surface area contributed by atoms with Crippen LogP contribution in [-0.4, -0.2) is 49.6 Å². The monoisotopic (exact) mass is 340 g/mol. The van der Waals surface area contributed by atoms with Crippen molar-refractivity contribution in [2.75, 3.05) is 19.8 Å². The van der Waals surface area contributed by atoms with Crippen LogP contribution in [0.15, 0.2) is 18.3 Å². The number of aromatic nitrogens is 1. The van der Waals surface area contributed by atoms with Gasteiger partial charge in [-0.1, -0.05) is 32.1 Å². The molecule has 6 heteroatoms. The second kappa shape index (κ2) is 10.9. The third-order valence-electron chi connectivity index (χ3n) is 4.98. The topological polar surface area (TPSA) is 57.7 Å². The predicted octanol–water partition coefficient (Wildman–Crippen LogP) is 3.38. The van der Waals surface area contributed by atoms with E-state index in [9.17, 15) is 4.79 Å². The molecule has 0 amide bonds. The van der Waals surface area contributed by atoms with Crippen LogP contribution < -0.4 is 9.47 Å². The number of pyridine rings is 1. The molecule has 2 aliphatic rings. The number of ether oxygens (including phenoxy) is 3. The summed E-state index contributed by atoms with van der Waals surface area (Å²) >= 11 is 0. The maximum atomic E-state index is 12.1. The molecule has 0 atom stereocenters. The first-order valence-corrected chi connectivity index (χ1v) is 9.19. The molecule has 2 heterocycles. The van der Waals surface area contributed by atoms with Gasteiger partial charge in [0.2, 0.25) is 5.88 Å². The minimum Gasteiger partial charge on any atom is -0.478 e. The van der Waals surface area contributed by atoms with Crippen molar-refractivity contribution in [2.24, 2.45) is 11.8 Å². The smallest absolute Gasteiger partial charge is 0.314 e. The van der Waals surface area contributed by atoms with E-state index in [2.05, 4.69) is 4.98 Å². The van der Waals surface area contributed by atoms with Gasteiger partial charge in [-0.15, -0.1) is 0 Å². The van der Waals surface area contributed by atoms with Crippen molar-refractivity contribution >= 4 is 24.8 Å². The van der Waals surface area contributed by atoms with Crippen molar-refractivity contribution in [2.45, 2.75) is 51.4 Å². The van der Waals surface area contributed by atoms with E-state index >= 15 is 0 Å². The Morgan fingerprint density at radius 3 is 2.56 bits per heavy atom. The van der Waals surface area contributed by atoms with Crippen molar-refractivity contribution in [1.29, 1.82) is 0 Å². The molecule has 133 valence electrons. The predicted molar refractivity (Wildman–Crippen MR) is 95.9 cm³/mol. The van der Waals surface area contributed by atoms with Crippen LogP contribution in [0.3, 0.4) is 0 Å². The Balaban J connectivity index is 0.00000225. The molecule has 2 fully saturated rings. The molecule has 1 saturated heterocycles. The summed E-state index contributed by atoms with van der Waals surface area (Å²) in [6.07, 6.45) is 10.9. The third kappa shape index (κ3) is 6.66. The average molecular weight is 340 g/mol. The molecule has 0 aromatic carbocycles. The average Bonchev–Trinajstić information content (AvgIpc) is 2.65. The van der Waals surface area contributed by atoms with E-state index in [0.29, 0.717) is 31.5 Å². The molecule has 1 aliphatic heterocycles. The van der Waals surface area contributed by atoms with Gasteiger partial charge in [0.15, 0.2) is 0 Å². The molecule has 0 bridgehead atoms. The number of carbonyl (C=O) groups is 1. The standard InChI is InChI=1S/C19H27NO4.Li/c21-19(16-9-11-22-12-10-16)24-17-6-7-18(20-14-17)23-13-8-15-4-2-1-3-5-15;/h6-7,14-16H,1-5,8-13H2;. The minimum absolute atomic E-state index is 0. The summed E-state index contributed by atoms with van der Waals surface area (Å²) in [7, 11) is 0. The van der Waals surface area contributed by atoms with E-state index in [1.165, 1.54) is 32.1 Å². The molecule has 1 aromatic rings. The molecule has 1 aliphatic carbocycles. The summed E-state index contributed by atoms with van der Waals surface area (Å²) in [6.45, 7) is 1.97. The molecular formula is C19H27LiNO4. The summed E-state index contributed by atoms with van der Waals surface area (Å²) in [4.78, 5) is 16.3. The third-order valence-corrected chi connectivity index (χ3v) is 4.98. The molecule has 1 saturated carbocycles. The van der Waals surface area contributed by atoms with Gasteiger partial charge in [-0.25, -0.2) is 4.98 Å². The number of carbonyl (C=O) groups excluding carboxylic acids is 1. The molecule has 25 heavy (non-hydrogen) atoms. The zero-order valence-corrected chi connectivity index (χ0v) is 15.2. The summed E-state index contributed by atoms with van der Waals surface area (Å²) in [5.74, 6) is 1.62. The number of hydrogen-bond donors (Lipinski definition) is 0. The first-order chi connectivity index (χ1) is 11.8. The van der Waals surface area contributed by atoms with E-state index in [0.717, 1.165) is 25.2 Å². The number of esters is 1. The van der Waals surface area contributed by atoms with Crippen LogP contribution in [0.4, 0.5) is 0 Å². The van der Waals surface area contributed by atoms with Crippen molar-refractivity contribution in [1.82, 2.24) is 4.98 Å². The summed E-state index contributed by atoms with van der Waals surface area (Å²) in [5, 5.41) is 0. The van der Waals surface area contributed by atoms with Gasteiger partial charge < -0.3 is 14.2 Å². The normalized spacial score (nSPS) is 19.0. The Morgan fingerprint density at radius 2 is 1.88 bits per heavy atom. The fourth-order valence-electron chi connectivity index (χ4n) is 3.45. The van der Waals surface area contributed by atoms with Gasteiger partial charge >= 0.3 is 5.97 Å². The van der Waals surface area contributed by atoms with E-state index in [1.807, 2.05) is 0 Å². The molecule has 3 rings (SSSR count). The molecule has 5 nitrogen and oxygen atoms in total. The molecule has 0 unspecified atom stereocenters. The Labute approximate surface area is 162 Å². The van der Waals surface area contributed by atoms with Crippen LogP contribution >= 0.6 is 0 Å². The number of hydrogen-bond acceptors (Lipinski definition) is 5. The molecule has 0 N–H and O–H groups in total. The van der Waals surface area contributed by atoms with Crippen LogP contribution in [0, 0.1) is 11.8 Å². The second-order valence-electron chi connectivity index (χ2n) is 6.78. The van der Waals surface area contributed by atoms with Gasteiger partial charge in [0.05, 0.1) is 18.7 Å². The van der Waals surface area contributed by atoms with Crippen LogP contribution in [0.25, 0.3) is 0 Å². The van der Waals surface area contributed by atoms with Gasteiger partial charge in [-0.3, -0.25) is 4.79 Å². The van der Waals surface area contributed by atoms with Crippen LogP contribution in [0.5, 0.6) is 11.6 Å². The Kier molecular flexibility index (Phi) is 8.81. The van der Waals surface area contributed by atoms with Crippen molar-refractivity contribution in [3.63, 3.8) is 0 Å². The van der Waals surface area contributed by atoms with Gasteiger partial charge in [-0.2, -0.15) is 0 Å². The fourth-order valence-corrected chi connectivity index (χ4v) is 3.45. The minimum atomic E-state index is -0.189. The largest absolute Gasteiger partial charge is 0.478 e. The van der Waals surface area contributed by atoms with E-state index < -0.39 is 0 Å². The van der Waals surface area contributed by atoms with Crippen molar-refractivity contribution in [3.05, 3.63) is 18.3 Å². The van der Waals surface area contributed by atoms with Crippen LogP contribution in [0.1, 0.15) is 51.4 Å². The van der Waals surface area contributed by atoms with E-state index in [-0.39, 0.29) is 30.7 Å². The summed E-state index contributed by atoms with van der Waals surface area (Å²) in [5.41, 5.74) is 0. The Hall–Kier alpha value is -1.02. The Bertz CT molecular complexity index is 511. The SMILES string of the molecule is O=C(Oc1ccc(OCCC2CCCCC2)nc1)C1CCOCC1.[Li]. The first-order valence-electron chi connectivity index (χ1n) is 9.19. The second-order valence-corrected chi connectivity index (χ2v) is 6.78. The summed E-state index contributed by atoms with van der Waals surface area (Å²) in [6, 6.07) is 3.52. The quantitative estimate of drug-likeness (QED) is 0.587. The molecule has 1 aromatic heterocycles. The zero-order chi connectivity index (χ0) is 16.6. The van der Waals surface area contributed by atoms with Crippen molar-refractivity contribution < 1.29 is 19.0 Å². The molecular weight excluding hydrogens is 313 g/mol. The molecule has 0 spiro atoms. The van der Waals surface area contributed by atoms with Crippen LogP contribution in [-0.2, 0) is 9.53 Å². The number of rotatable bonds is 6. The van der Waals surface area contributed by atoms with Gasteiger partial charge in [0.25, 0.3) is 0 Å². The Morgan fingerprint density at radius 1 is 1.12 bits per heavy atom. The van der Waals surface area contributed by atoms with Crippen LogP contribution in [0.2, 0.25) is 0 Å². The first kappa shape index (κ1) is 20.3. The fraction of sp³-hybridized carbons (Fsp3) is 0.684. The zero-order valence-electron chi connectivity index (χ0n) is 15.2. The number of nitrogens with zero attached hydrogens (tertiary/aromatic N) is 1. The molecule has 1 radical (unpaired) electrons. The maximum Gasteiger partial charge on any atom is 0.314 e. The van der Waals surface area contributed by atoms with Crippen molar-refractivity contribution in [3.8, 4) is 11.6 Å². The van der Waals surface area contributed by atoms with Gasteiger partial charge in [0.1, 0.15) is 5.75 Å². The van der Waals surface area contributed by atoms with E-state index in [1.54, 1.807) is 18.3 Å². The summed E-state index contributed by atoms with van der Waals surface area (Å²) < 4.78 is 16.4. The van der Waals surface area contributed by atoms with E-state index in [4.69, 9.17) is 14.2 Å². The maximum absolute atomic E-state index is 12.1. The van der Waals surface area contributed by atoms with Gasteiger partial charge in [-0.05, 0) is 31.2 Å². The van der Waals surface area contributed by atoms with Gasteiger partial charge in [0, 0.05) is 38.1 Å².